The van der Waals surface area contributed by atoms with Crippen LogP contribution < -0.4 is 25.5 Å². The van der Waals surface area contributed by atoms with Crippen LogP contribution in [0.1, 0.15) is 11.3 Å². The van der Waals surface area contributed by atoms with Gasteiger partial charge >= 0.3 is 5.69 Å². The molecular weight excluding hydrogens is 338 g/mol. The summed E-state index contributed by atoms with van der Waals surface area (Å²) in [6.07, 6.45) is 0. The molecule has 2 aromatic rings. The summed E-state index contributed by atoms with van der Waals surface area (Å²) in [4.78, 5) is 25.9. The van der Waals surface area contributed by atoms with E-state index >= 15 is 0 Å². The summed E-state index contributed by atoms with van der Waals surface area (Å²) in [6.45, 7) is 0.965. The first-order chi connectivity index (χ1) is 12.3. The van der Waals surface area contributed by atoms with Crippen molar-refractivity contribution in [2.45, 2.75) is 13.1 Å². The van der Waals surface area contributed by atoms with Gasteiger partial charge in [-0.15, -0.1) is 0 Å². The summed E-state index contributed by atoms with van der Waals surface area (Å²) in [5.74, 6) is 1.71. The van der Waals surface area contributed by atoms with Gasteiger partial charge in [0, 0.05) is 44.5 Å². The lowest BCUT2D eigenvalue weighted by Crippen LogP contribution is -2.39. The van der Waals surface area contributed by atoms with Crippen LogP contribution in [0.15, 0.2) is 27.8 Å². The second kappa shape index (κ2) is 8.09. The van der Waals surface area contributed by atoms with E-state index in [4.69, 9.17) is 14.2 Å². The Labute approximate surface area is 152 Å². The zero-order chi connectivity index (χ0) is 19.4. The smallest absolute Gasteiger partial charge is 0.330 e. The van der Waals surface area contributed by atoms with Gasteiger partial charge in [-0.25, -0.2) is 4.79 Å². The topological polar surface area (TPSA) is 74.9 Å². The van der Waals surface area contributed by atoms with Gasteiger partial charge in [0.15, 0.2) is 11.5 Å². The number of benzene rings is 1. The second-order valence-electron chi connectivity index (χ2n) is 6.04. The third kappa shape index (κ3) is 3.75. The molecule has 0 amide bonds. The van der Waals surface area contributed by atoms with Crippen LogP contribution >= 0.6 is 0 Å². The molecule has 26 heavy (non-hydrogen) atoms. The van der Waals surface area contributed by atoms with Crippen LogP contribution in [0.5, 0.6) is 17.2 Å². The lowest BCUT2D eigenvalue weighted by atomic mass is 10.1. The molecule has 0 saturated carbocycles. The number of hydrogen-bond donors (Lipinski definition) is 0. The predicted octanol–water partition coefficient (Wildman–Crippen LogP) is 0.742. The van der Waals surface area contributed by atoms with E-state index in [2.05, 4.69) is 0 Å². The van der Waals surface area contributed by atoms with Gasteiger partial charge in [0.05, 0.1) is 21.3 Å². The first-order valence-electron chi connectivity index (χ1n) is 8.06. The van der Waals surface area contributed by atoms with Crippen molar-refractivity contribution in [3.63, 3.8) is 0 Å². The van der Waals surface area contributed by atoms with Gasteiger partial charge < -0.3 is 14.2 Å². The van der Waals surface area contributed by atoms with Crippen molar-refractivity contribution in [3.05, 3.63) is 50.3 Å². The molecule has 0 aliphatic rings. The Morgan fingerprint density at radius 1 is 0.923 bits per heavy atom. The highest BCUT2D eigenvalue weighted by Crippen LogP contribution is 2.40. The maximum atomic E-state index is 12.1. The van der Waals surface area contributed by atoms with E-state index < -0.39 is 0 Å². The number of nitrogens with zero attached hydrogens (tertiary/aromatic N) is 3. The highest BCUT2D eigenvalue weighted by Gasteiger charge is 2.17. The molecule has 8 heteroatoms. The predicted molar refractivity (Wildman–Crippen MR) is 98.2 cm³/mol. The fourth-order valence-corrected chi connectivity index (χ4v) is 2.84. The van der Waals surface area contributed by atoms with Crippen LogP contribution in [0.25, 0.3) is 0 Å². The fourth-order valence-electron chi connectivity index (χ4n) is 2.84. The molecule has 1 heterocycles. The number of rotatable bonds is 7. The first kappa shape index (κ1) is 19.6. The normalized spacial score (nSPS) is 10.9. The zero-order valence-corrected chi connectivity index (χ0v) is 16.0. The van der Waals surface area contributed by atoms with Gasteiger partial charge in [-0.2, -0.15) is 0 Å². The Morgan fingerprint density at radius 3 is 2.15 bits per heavy atom. The third-order valence-corrected chi connectivity index (χ3v) is 4.28. The van der Waals surface area contributed by atoms with Crippen molar-refractivity contribution in [1.82, 2.24) is 14.0 Å². The summed E-state index contributed by atoms with van der Waals surface area (Å²) in [5.41, 5.74) is 0.881. The molecule has 0 bridgehead atoms. The Bertz CT molecular complexity index is 901. The highest BCUT2D eigenvalue weighted by atomic mass is 16.5. The molecule has 0 radical (unpaired) electrons. The average molecular weight is 363 g/mol. The fraction of sp³-hybridized carbons (Fsp3) is 0.444. The summed E-state index contributed by atoms with van der Waals surface area (Å²) in [5, 5.41) is 0. The second-order valence-corrected chi connectivity index (χ2v) is 6.04. The molecule has 0 N–H and O–H groups in total. The molecule has 1 aromatic carbocycles. The molecule has 0 fully saturated rings. The maximum Gasteiger partial charge on any atom is 0.330 e. The van der Waals surface area contributed by atoms with Crippen molar-refractivity contribution < 1.29 is 14.2 Å². The highest BCUT2D eigenvalue weighted by molar-refractivity contribution is 5.55. The Kier molecular flexibility index (Phi) is 6.10. The Morgan fingerprint density at radius 2 is 1.58 bits per heavy atom. The third-order valence-electron chi connectivity index (χ3n) is 4.28. The van der Waals surface area contributed by atoms with E-state index in [1.165, 1.54) is 17.7 Å². The van der Waals surface area contributed by atoms with E-state index in [-0.39, 0.29) is 11.2 Å². The van der Waals surface area contributed by atoms with E-state index in [9.17, 15) is 9.59 Å². The number of methoxy groups -OCH3 is 3. The van der Waals surface area contributed by atoms with E-state index in [0.717, 1.165) is 10.1 Å². The van der Waals surface area contributed by atoms with Crippen molar-refractivity contribution in [1.29, 1.82) is 0 Å². The monoisotopic (exact) mass is 363 g/mol. The average Bonchev–Trinajstić information content (AvgIpc) is 2.63. The first-order valence-corrected chi connectivity index (χ1v) is 8.06. The van der Waals surface area contributed by atoms with Gasteiger partial charge in [-0.1, -0.05) is 6.07 Å². The van der Waals surface area contributed by atoms with Crippen LogP contribution in [0.4, 0.5) is 0 Å². The van der Waals surface area contributed by atoms with Gasteiger partial charge in [0.2, 0.25) is 5.75 Å². The minimum atomic E-state index is -0.343. The summed E-state index contributed by atoms with van der Waals surface area (Å²) in [7, 11) is 9.72. The SMILES string of the molecule is COc1ccc(CN(C)Cc2cc(=O)n(C)c(=O)n2C)c(OC)c1OC. The summed E-state index contributed by atoms with van der Waals surface area (Å²) < 4.78 is 18.8. The van der Waals surface area contributed by atoms with Gasteiger partial charge in [-0.3, -0.25) is 18.8 Å². The molecule has 8 nitrogen and oxygen atoms in total. The molecule has 0 aliphatic carbocycles. The molecule has 0 saturated heterocycles. The number of hydrogen-bond acceptors (Lipinski definition) is 6. The number of aromatic nitrogens is 2. The van der Waals surface area contributed by atoms with E-state index in [1.807, 2.05) is 24.1 Å². The van der Waals surface area contributed by atoms with Gasteiger partial charge in [0.25, 0.3) is 5.56 Å². The standard InChI is InChI=1S/C18H25N3O5/c1-19(11-13-9-15(22)21(3)18(23)20(13)2)10-12-7-8-14(24-4)17(26-6)16(12)25-5/h7-9H,10-11H2,1-6H3. The minimum absolute atomic E-state index is 0.319. The largest absolute Gasteiger partial charge is 0.493 e. The van der Waals surface area contributed by atoms with Crippen molar-refractivity contribution in [3.8, 4) is 17.2 Å². The Hall–Kier alpha value is -2.74. The lowest BCUT2D eigenvalue weighted by Gasteiger charge is -2.21. The quantitative estimate of drug-likeness (QED) is 0.722. The molecular formula is C18H25N3O5. The molecule has 1 aromatic heterocycles. The number of ether oxygens (including phenoxy) is 3. The van der Waals surface area contributed by atoms with Crippen molar-refractivity contribution >= 4 is 0 Å². The van der Waals surface area contributed by atoms with Crippen LogP contribution in [0, 0.1) is 0 Å². The van der Waals surface area contributed by atoms with Crippen LogP contribution in [-0.2, 0) is 27.2 Å². The molecule has 0 aliphatic heterocycles. The van der Waals surface area contributed by atoms with Crippen LogP contribution in [0.2, 0.25) is 0 Å². The Balaban J connectivity index is 2.30. The lowest BCUT2D eigenvalue weighted by molar-refractivity contribution is 0.290. The van der Waals surface area contributed by atoms with Gasteiger partial charge in [-0.05, 0) is 13.1 Å². The summed E-state index contributed by atoms with van der Waals surface area (Å²) in [6, 6.07) is 5.20. The molecule has 2 rings (SSSR count). The van der Waals surface area contributed by atoms with Crippen LogP contribution in [-0.4, -0.2) is 42.4 Å². The molecule has 0 unspecified atom stereocenters. The van der Waals surface area contributed by atoms with E-state index in [1.54, 1.807) is 28.4 Å². The van der Waals surface area contributed by atoms with E-state index in [0.29, 0.717) is 36.0 Å². The van der Waals surface area contributed by atoms with Crippen LogP contribution in [0.3, 0.4) is 0 Å². The minimum Gasteiger partial charge on any atom is -0.493 e. The van der Waals surface area contributed by atoms with Crippen molar-refractivity contribution in [2.24, 2.45) is 14.1 Å². The molecule has 0 atom stereocenters. The molecule has 142 valence electrons. The maximum absolute atomic E-state index is 12.1. The summed E-state index contributed by atoms with van der Waals surface area (Å²) >= 11 is 0. The van der Waals surface area contributed by atoms with Gasteiger partial charge in [0.1, 0.15) is 0 Å². The molecule has 0 spiro atoms. The van der Waals surface area contributed by atoms with Crippen molar-refractivity contribution in [2.75, 3.05) is 28.4 Å². The zero-order valence-electron chi connectivity index (χ0n) is 16.0.